The van der Waals surface area contributed by atoms with Crippen molar-refractivity contribution in [2.24, 2.45) is 0 Å². The summed E-state index contributed by atoms with van der Waals surface area (Å²) in [6.45, 7) is 0. The number of nitrogens with one attached hydrogen (secondary N) is 1. The fourth-order valence-electron chi connectivity index (χ4n) is 3.57. The lowest BCUT2D eigenvalue weighted by molar-refractivity contribution is -0.135. The molecule has 28 heavy (non-hydrogen) atoms. The topological polar surface area (TPSA) is 82.7 Å². The average molecular weight is 380 g/mol. The number of rotatable bonds is 5. The molecule has 0 aliphatic carbocycles. The van der Waals surface area contributed by atoms with Crippen LogP contribution in [0.2, 0.25) is 0 Å². The summed E-state index contributed by atoms with van der Waals surface area (Å²) in [7, 11) is 4.72. The van der Waals surface area contributed by atoms with Crippen molar-refractivity contribution in [3.8, 4) is 34.4 Å². The second-order valence-electron chi connectivity index (χ2n) is 6.36. The number of aromatic nitrogens is 2. The maximum Gasteiger partial charge on any atom is 0.313 e. The molecule has 0 radical (unpaired) electrons. The molecule has 1 N–H and O–H groups in total. The Kier molecular flexibility index (Phi) is 4.65. The fraction of sp³-hybridized carbons (Fsp3) is 0.238. The molecule has 7 nitrogen and oxygen atoms in total. The van der Waals surface area contributed by atoms with E-state index >= 15 is 0 Å². The molecular formula is C21H20N2O5. The molecule has 4 rings (SSSR count). The Hall–Kier alpha value is -3.48. The maximum absolute atomic E-state index is 12.3. The van der Waals surface area contributed by atoms with Gasteiger partial charge in [0.1, 0.15) is 5.75 Å². The van der Waals surface area contributed by atoms with E-state index in [1.54, 1.807) is 27.4 Å². The summed E-state index contributed by atoms with van der Waals surface area (Å²) in [4.78, 5) is 12.3. The van der Waals surface area contributed by atoms with Crippen molar-refractivity contribution in [2.75, 3.05) is 21.3 Å². The first-order valence-corrected chi connectivity index (χ1v) is 8.80. The quantitative estimate of drug-likeness (QED) is 0.682. The first-order chi connectivity index (χ1) is 13.7. The first-order valence-electron chi connectivity index (χ1n) is 8.80. The van der Waals surface area contributed by atoms with Crippen molar-refractivity contribution in [1.29, 1.82) is 0 Å². The predicted octanol–water partition coefficient (Wildman–Crippen LogP) is 3.54. The highest BCUT2D eigenvalue weighted by Gasteiger charge is 2.36. The van der Waals surface area contributed by atoms with E-state index in [1.807, 2.05) is 36.4 Å². The van der Waals surface area contributed by atoms with Crippen LogP contribution in [0.15, 0.2) is 42.5 Å². The van der Waals surface area contributed by atoms with Gasteiger partial charge in [0.2, 0.25) is 5.88 Å². The molecule has 2 heterocycles. The smallest absolute Gasteiger partial charge is 0.313 e. The third-order valence-corrected chi connectivity index (χ3v) is 4.87. The van der Waals surface area contributed by atoms with Gasteiger partial charge in [0.05, 0.1) is 39.0 Å². The monoisotopic (exact) mass is 380 g/mol. The number of carbonyl (C=O) groups excluding carboxylic acids is 1. The Balaban J connectivity index is 1.91. The van der Waals surface area contributed by atoms with E-state index in [1.165, 1.54) is 0 Å². The van der Waals surface area contributed by atoms with E-state index in [-0.39, 0.29) is 24.2 Å². The summed E-state index contributed by atoms with van der Waals surface area (Å²) < 4.78 is 21.8. The molecule has 7 heteroatoms. The molecule has 0 bridgehead atoms. The van der Waals surface area contributed by atoms with Crippen LogP contribution in [0.1, 0.15) is 23.5 Å². The second-order valence-corrected chi connectivity index (χ2v) is 6.36. The number of benzene rings is 2. The Morgan fingerprint density at radius 1 is 1.00 bits per heavy atom. The van der Waals surface area contributed by atoms with Crippen LogP contribution in [-0.4, -0.2) is 37.5 Å². The highest BCUT2D eigenvalue weighted by Crippen LogP contribution is 2.47. The van der Waals surface area contributed by atoms with Gasteiger partial charge in [-0.3, -0.25) is 9.89 Å². The zero-order valence-electron chi connectivity index (χ0n) is 15.8. The highest BCUT2D eigenvalue weighted by atomic mass is 16.5. The van der Waals surface area contributed by atoms with Gasteiger partial charge in [0.25, 0.3) is 0 Å². The molecule has 0 fully saturated rings. The molecular weight excluding hydrogens is 360 g/mol. The minimum Gasteiger partial charge on any atom is -0.496 e. The van der Waals surface area contributed by atoms with E-state index in [0.29, 0.717) is 17.2 Å². The second kappa shape index (κ2) is 7.26. The maximum atomic E-state index is 12.3. The van der Waals surface area contributed by atoms with Gasteiger partial charge in [-0.15, -0.1) is 5.10 Å². The Bertz CT molecular complexity index is 1010. The Morgan fingerprint density at radius 2 is 1.68 bits per heavy atom. The zero-order chi connectivity index (χ0) is 19.7. The Morgan fingerprint density at radius 3 is 2.36 bits per heavy atom. The molecule has 2 aromatic carbocycles. The van der Waals surface area contributed by atoms with Gasteiger partial charge < -0.3 is 18.9 Å². The summed E-state index contributed by atoms with van der Waals surface area (Å²) >= 11 is 0. The number of aromatic amines is 1. The van der Waals surface area contributed by atoms with Crippen molar-refractivity contribution in [1.82, 2.24) is 10.2 Å². The molecule has 0 saturated heterocycles. The number of methoxy groups -OCH3 is 3. The molecule has 1 aliphatic rings. The zero-order valence-corrected chi connectivity index (χ0v) is 15.8. The van der Waals surface area contributed by atoms with E-state index in [2.05, 4.69) is 10.2 Å². The number of hydrogen-bond acceptors (Lipinski definition) is 6. The third kappa shape index (κ3) is 2.94. The Labute approximate surface area is 162 Å². The summed E-state index contributed by atoms with van der Waals surface area (Å²) in [5.41, 5.74) is 3.39. The van der Waals surface area contributed by atoms with Gasteiger partial charge in [0, 0.05) is 17.5 Å². The van der Waals surface area contributed by atoms with Gasteiger partial charge in [-0.25, -0.2) is 0 Å². The molecule has 0 spiro atoms. The summed E-state index contributed by atoms with van der Waals surface area (Å²) in [5.74, 6) is 1.35. The molecule has 0 amide bonds. The van der Waals surface area contributed by atoms with Gasteiger partial charge in [-0.05, 0) is 11.6 Å². The van der Waals surface area contributed by atoms with Crippen LogP contribution in [0.25, 0.3) is 11.3 Å². The molecule has 144 valence electrons. The summed E-state index contributed by atoms with van der Waals surface area (Å²) in [6.07, 6.45) is 0.165. The van der Waals surface area contributed by atoms with Crippen molar-refractivity contribution < 1.29 is 23.7 Å². The molecule has 0 saturated carbocycles. The lowest BCUT2D eigenvalue weighted by Crippen LogP contribution is -2.21. The number of H-pyrrole nitrogens is 1. The van der Waals surface area contributed by atoms with Crippen LogP contribution < -0.4 is 18.9 Å². The van der Waals surface area contributed by atoms with Crippen LogP contribution in [-0.2, 0) is 4.79 Å². The van der Waals surface area contributed by atoms with E-state index in [9.17, 15) is 4.79 Å². The van der Waals surface area contributed by atoms with Crippen molar-refractivity contribution in [2.45, 2.75) is 12.3 Å². The van der Waals surface area contributed by atoms with Crippen LogP contribution in [0.3, 0.4) is 0 Å². The average Bonchev–Trinajstić information content (AvgIpc) is 3.16. The lowest BCUT2D eigenvalue weighted by atomic mass is 9.85. The van der Waals surface area contributed by atoms with Crippen molar-refractivity contribution in [3.63, 3.8) is 0 Å². The first kappa shape index (κ1) is 17.9. The molecule has 1 aromatic heterocycles. The standard InChI is InChI=1S/C21H20N2O5/c1-25-15-11-17(27-3)16(26-2)9-13(15)14-10-18(24)28-21-19(14)20(22-23-21)12-7-5-4-6-8-12/h4-9,11,14H,10H2,1-3H3,(H,22,23). The van der Waals surface area contributed by atoms with Gasteiger partial charge >= 0.3 is 5.97 Å². The number of esters is 1. The summed E-state index contributed by atoms with van der Waals surface area (Å²) in [5, 5.41) is 7.24. The highest BCUT2D eigenvalue weighted by molar-refractivity contribution is 5.81. The number of hydrogen-bond donors (Lipinski definition) is 1. The predicted molar refractivity (Wildman–Crippen MR) is 102 cm³/mol. The van der Waals surface area contributed by atoms with Crippen LogP contribution in [0.5, 0.6) is 23.1 Å². The molecule has 1 unspecified atom stereocenters. The fourth-order valence-corrected chi connectivity index (χ4v) is 3.57. The minimum absolute atomic E-state index is 0.165. The molecule has 1 atom stereocenters. The number of nitrogens with zero attached hydrogens (tertiary/aromatic N) is 1. The van der Waals surface area contributed by atoms with E-state index < -0.39 is 0 Å². The van der Waals surface area contributed by atoms with E-state index in [0.717, 1.165) is 22.4 Å². The molecule has 1 aliphatic heterocycles. The van der Waals surface area contributed by atoms with Gasteiger partial charge in [-0.1, -0.05) is 30.3 Å². The SMILES string of the molecule is COc1cc(OC)c(C2CC(=O)Oc3n[nH]c(-c4ccccc4)c32)cc1OC. The summed E-state index contributed by atoms with van der Waals surface area (Å²) in [6, 6.07) is 13.4. The normalized spacial score (nSPS) is 15.5. The minimum atomic E-state index is -0.347. The number of ether oxygens (including phenoxy) is 4. The lowest BCUT2D eigenvalue weighted by Gasteiger charge is -2.25. The van der Waals surface area contributed by atoms with Crippen molar-refractivity contribution >= 4 is 5.97 Å². The number of fused-ring (bicyclic) bond motifs is 1. The van der Waals surface area contributed by atoms with Gasteiger partial charge in [0.15, 0.2) is 11.5 Å². The van der Waals surface area contributed by atoms with E-state index in [4.69, 9.17) is 18.9 Å². The largest absolute Gasteiger partial charge is 0.496 e. The third-order valence-electron chi connectivity index (χ3n) is 4.87. The van der Waals surface area contributed by atoms with Gasteiger partial charge in [-0.2, -0.15) is 0 Å². The van der Waals surface area contributed by atoms with Crippen LogP contribution in [0, 0.1) is 0 Å². The van der Waals surface area contributed by atoms with Crippen LogP contribution >= 0.6 is 0 Å². The molecule has 3 aromatic rings. The number of carbonyl (C=O) groups is 1. The van der Waals surface area contributed by atoms with Crippen molar-refractivity contribution in [3.05, 3.63) is 53.6 Å². The van der Waals surface area contributed by atoms with Crippen LogP contribution in [0.4, 0.5) is 0 Å².